The van der Waals surface area contributed by atoms with Gasteiger partial charge in [-0.25, -0.2) is 8.42 Å². The van der Waals surface area contributed by atoms with Crippen LogP contribution in [0.1, 0.15) is 10.4 Å². The van der Waals surface area contributed by atoms with Crippen LogP contribution in [0.3, 0.4) is 0 Å². The van der Waals surface area contributed by atoms with Crippen molar-refractivity contribution in [3.8, 4) is 0 Å². The van der Waals surface area contributed by atoms with Gasteiger partial charge >= 0.3 is 0 Å². The van der Waals surface area contributed by atoms with Crippen LogP contribution in [0, 0.1) is 0 Å². The minimum Gasteiger partial charge on any atom is -0.343 e. The van der Waals surface area contributed by atoms with E-state index in [9.17, 15) is 18.0 Å². The molecule has 2 amide bonds. The first-order chi connectivity index (χ1) is 13.8. The van der Waals surface area contributed by atoms with Crippen molar-refractivity contribution in [3.05, 3.63) is 64.1 Å². The van der Waals surface area contributed by atoms with E-state index in [4.69, 9.17) is 23.2 Å². The van der Waals surface area contributed by atoms with Gasteiger partial charge in [0.1, 0.15) is 4.90 Å². The normalized spacial score (nSPS) is 15.2. The molecule has 29 heavy (non-hydrogen) atoms. The average Bonchev–Trinajstić information content (AvgIpc) is 2.74. The predicted molar refractivity (Wildman–Crippen MR) is 111 cm³/mol. The molecule has 0 aliphatic carbocycles. The third-order valence-corrected chi connectivity index (χ3v) is 7.43. The van der Waals surface area contributed by atoms with Crippen LogP contribution in [0.5, 0.6) is 0 Å². The summed E-state index contributed by atoms with van der Waals surface area (Å²) in [4.78, 5) is 25.9. The third-order valence-electron chi connectivity index (χ3n) is 4.56. The fraction of sp³-hybridized carbons (Fsp3) is 0.263. The van der Waals surface area contributed by atoms with Gasteiger partial charge in [-0.1, -0.05) is 47.5 Å². The van der Waals surface area contributed by atoms with Gasteiger partial charge in [0.25, 0.3) is 5.91 Å². The predicted octanol–water partition coefficient (Wildman–Crippen LogP) is 2.26. The van der Waals surface area contributed by atoms with Crippen LogP contribution in [0.15, 0.2) is 53.4 Å². The van der Waals surface area contributed by atoms with E-state index in [1.165, 1.54) is 27.4 Å². The van der Waals surface area contributed by atoms with E-state index in [0.717, 1.165) is 0 Å². The molecule has 0 saturated carbocycles. The van der Waals surface area contributed by atoms with E-state index in [-0.39, 0.29) is 59.5 Å². The molecule has 7 nitrogen and oxygen atoms in total. The Balaban J connectivity index is 1.56. The lowest BCUT2D eigenvalue weighted by atomic mass is 10.2. The lowest BCUT2D eigenvalue weighted by Crippen LogP contribution is -2.52. The zero-order valence-corrected chi connectivity index (χ0v) is 17.7. The highest BCUT2D eigenvalue weighted by atomic mass is 35.5. The molecule has 3 rings (SSSR count). The van der Waals surface area contributed by atoms with Gasteiger partial charge in [0.2, 0.25) is 15.9 Å². The molecule has 154 valence electrons. The summed E-state index contributed by atoms with van der Waals surface area (Å²) in [7, 11) is -3.82. The van der Waals surface area contributed by atoms with Crippen LogP contribution in [0.25, 0.3) is 0 Å². The van der Waals surface area contributed by atoms with Gasteiger partial charge in [0.05, 0.1) is 16.6 Å². The Morgan fingerprint density at radius 2 is 1.59 bits per heavy atom. The second-order valence-corrected chi connectivity index (χ2v) is 9.08. The van der Waals surface area contributed by atoms with Crippen LogP contribution >= 0.6 is 23.2 Å². The summed E-state index contributed by atoms with van der Waals surface area (Å²) < 4.78 is 26.9. The molecule has 2 aromatic rings. The summed E-state index contributed by atoms with van der Waals surface area (Å²) in [5.74, 6) is -0.608. The molecule has 1 fully saturated rings. The summed E-state index contributed by atoms with van der Waals surface area (Å²) >= 11 is 12.0. The second-order valence-electron chi connectivity index (χ2n) is 6.39. The van der Waals surface area contributed by atoms with Gasteiger partial charge in [-0.3, -0.25) is 9.59 Å². The topological polar surface area (TPSA) is 86.8 Å². The van der Waals surface area contributed by atoms with Crippen LogP contribution < -0.4 is 5.32 Å². The first kappa shape index (κ1) is 21.6. The number of carbonyl (C=O) groups excluding carboxylic acids is 2. The molecular weight excluding hydrogens is 437 g/mol. The Kier molecular flexibility index (Phi) is 6.79. The van der Waals surface area contributed by atoms with Crippen LogP contribution in [0.4, 0.5) is 0 Å². The van der Waals surface area contributed by atoms with Gasteiger partial charge in [-0.15, -0.1) is 0 Å². The van der Waals surface area contributed by atoms with E-state index >= 15 is 0 Å². The smallest absolute Gasteiger partial charge is 0.251 e. The summed E-state index contributed by atoms with van der Waals surface area (Å²) in [6, 6.07) is 13.0. The SMILES string of the molecule is O=C(NCC(=O)N1CCN(S(=O)(=O)c2cccc(Cl)c2Cl)CC1)c1ccccc1. The fourth-order valence-electron chi connectivity index (χ4n) is 2.96. The molecule has 10 heteroatoms. The highest BCUT2D eigenvalue weighted by Gasteiger charge is 2.31. The second kappa shape index (κ2) is 9.13. The number of benzene rings is 2. The number of hydrogen-bond donors (Lipinski definition) is 1. The molecule has 0 radical (unpaired) electrons. The van der Waals surface area contributed by atoms with Gasteiger partial charge in [0.15, 0.2) is 0 Å². The van der Waals surface area contributed by atoms with Crippen LogP contribution in [-0.4, -0.2) is 62.2 Å². The molecule has 1 saturated heterocycles. The summed E-state index contributed by atoms with van der Waals surface area (Å²) in [6.45, 7) is 0.544. The Hall–Kier alpha value is -2.13. The molecule has 1 aliphatic rings. The average molecular weight is 456 g/mol. The number of sulfonamides is 1. The van der Waals surface area contributed by atoms with Crippen molar-refractivity contribution in [2.24, 2.45) is 0 Å². The number of hydrogen-bond acceptors (Lipinski definition) is 4. The van der Waals surface area contributed by atoms with E-state index in [2.05, 4.69) is 5.32 Å². The van der Waals surface area contributed by atoms with Gasteiger partial charge < -0.3 is 10.2 Å². The molecule has 2 aromatic carbocycles. The molecule has 1 aliphatic heterocycles. The fourth-order valence-corrected chi connectivity index (χ4v) is 5.12. The largest absolute Gasteiger partial charge is 0.343 e. The van der Waals surface area contributed by atoms with Crippen LogP contribution in [0.2, 0.25) is 10.0 Å². The quantitative estimate of drug-likeness (QED) is 0.748. The zero-order valence-electron chi connectivity index (χ0n) is 15.3. The lowest BCUT2D eigenvalue weighted by Gasteiger charge is -2.34. The highest BCUT2D eigenvalue weighted by Crippen LogP contribution is 2.31. The first-order valence-electron chi connectivity index (χ1n) is 8.86. The van der Waals surface area contributed by atoms with E-state index in [0.29, 0.717) is 5.56 Å². The maximum absolute atomic E-state index is 12.8. The number of nitrogens with one attached hydrogen (secondary N) is 1. The molecule has 0 unspecified atom stereocenters. The molecule has 0 atom stereocenters. The van der Waals surface area contributed by atoms with E-state index < -0.39 is 10.0 Å². The maximum Gasteiger partial charge on any atom is 0.251 e. The summed E-state index contributed by atoms with van der Waals surface area (Å²) in [5, 5.41) is 2.73. The van der Waals surface area contributed by atoms with Crippen LogP contribution in [-0.2, 0) is 14.8 Å². The van der Waals surface area contributed by atoms with Crippen molar-refractivity contribution in [2.75, 3.05) is 32.7 Å². The zero-order chi connectivity index (χ0) is 21.0. The van der Waals surface area contributed by atoms with Crippen molar-refractivity contribution >= 4 is 45.0 Å². The standard InChI is InChI=1S/C19H19Cl2N3O4S/c20-15-7-4-8-16(18(15)21)29(27,28)24-11-9-23(10-12-24)17(25)13-22-19(26)14-5-2-1-3-6-14/h1-8H,9-13H2,(H,22,26). The van der Waals surface area contributed by atoms with Gasteiger partial charge in [0, 0.05) is 31.7 Å². The number of amides is 2. The number of halogens is 2. The lowest BCUT2D eigenvalue weighted by molar-refractivity contribution is -0.131. The number of piperazine rings is 1. The van der Waals surface area contributed by atoms with Crippen molar-refractivity contribution < 1.29 is 18.0 Å². The van der Waals surface area contributed by atoms with Crippen molar-refractivity contribution in [1.82, 2.24) is 14.5 Å². The summed E-state index contributed by atoms with van der Waals surface area (Å²) in [6.07, 6.45) is 0. The highest BCUT2D eigenvalue weighted by molar-refractivity contribution is 7.89. The number of nitrogens with zero attached hydrogens (tertiary/aromatic N) is 2. The minimum absolute atomic E-state index is 0.0173. The Morgan fingerprint density at radius 3 is 2.24 bits per heavy atom. The van der Waals surface area contributed by atoms with E-state index in [1.54, 1.807) is 30.3 Å². The number of carbonyl (C=O) groups is 2. The number of rotatable bonds is 5. The molecule has 0 bridgehead atoms. The molecular formula is C19H19Cl2N3O4S. The molecule has 0 spiro atoms. The van der Waals surface area contributed by atoms with Gasteiger partial charge in [-0.05, 0) is 24.3 Å². The first-order valence-corrected chi connectivity index (χ1v) is 11.1. The van der Waals surface area contributed by atoms with E-state index in [1.807, 2.05) is 0 Å². The third kappa shape index (κ3) is 4.90. The Labute approximate surface area is 179 Å². The van der Waals surface area contributed by atoms with Crippen molar-refractivity contribution in [3.63, 3.8) is 0 Å². The summed E-state index contributed by atoms with van der Waals surface area (Å²) in [5.41, 5.74) is 0.467. The van der Waals surface area contributed by atoms with Crippen molar-refractivity contribution in [1.29, 1.82) is 0 Å². The molecule has 1 N–H and O–H groups in total. The van der Waals surface area contributed by atoms with Crippen molar-refractivity contribution in [2.45, 2.75) is 4.90 Å². The Morgan fingerprint density at radius 1 is 0.931 bits per heavy atom. The van der Waals surface area contributed by atoms with Gasteiger partial charge in [-0.2, -0.15) is 4.31 Å². The minimum atomic E-state index is -3.82. The molecule has 0 aromatic heterocycles. The monoisotopic (exact) mass is 455 g/mol. The Bertz CT molecular complexity index is 1010. The molecule has 1 heterocycles. The maximum atomic E-state index is 12.8.